The lowest BCUT2D eigenvalue weighted by Crippen LogP contribution is -2.45. The fraction of sp³-hybridized carbons (Fsp3) is 0.679. The van der Waals surface area contributed by atoms with Crippen LogP contribution in [0.5, 0.6) is 0 Å². The number of amides is 1. The highest BCUT2D eigenvalue weighted by atomic mass is 16.3. The fourth-order valence-electron chi connectivity index (χ4n) is 10.0. The first-order valence-electron chi connectivity index (χ1n) is 35.0. The Morgan fingerprint density at radius 3 is 0.854 bits per heavy atom. The lowest BCUT2D eigenvalue weighted by molar-refractivity contribution is -0.123. The molecule has 3 N–H and O–H groups in total. The van der Waals surface area contributed by atoms with E-state index in [1.54, 1.807) is 6.08 Å². The van der Waals surface area contributed by atoms with Crippen molar-refractivity contribution < 1.29 is 15.0 Å². The van der Waals surface area contributed by atoms with Crippen LogP contribution in [0.2, 0.25) is 0 Å². The van der Waals surface area contributed by atoms with Crippen molar-refractivity contribution in [1.29, 1.82) is 0 Å². The maximum Gasteiger partial charge on any atom is 0.220 e. The molecule has 0 saturated heterocycles. The van der Waals surface area contributed by atoms with Gasteiger partial charge >= 0.3 is 0 Å². The maximum absolute atomic E-state index is 12.5. The van der Waals surface area contributed by atoms with E-state index < -0.39 is 12.1 Å². The van der Waals surface area contributed by atoms with Crippen molar-refractivity contribution in [2.75, 3.05) is 6.61 Å². The number of aliphatic hydroxyl groups is 2. The zero-order valence-electron chi connectivity index (χ0n) is 54.0. The van der Waals surface area contributed by atoms with Gasteiger partial charge < -0.3 is 15.5 Å². The summed E-state index contributed by atoms with van der Waals surface area (Å²) in [6.07, 6.45) is 112. The van der Waals surface area contributed by atoms with Crippen LogP contribution in [0.25, 0.3) is 0 Å². The summed E-state index contributed by atoms with van der Waals surface area (Å²) in [5.41, 5.74) is 0. The summed E-state index contributed by atoms with van der Waals surface area (Å²) in [7, 11) is 0. The van der Waals surface area contributed by atoms with Gasteiger partial charge in [0.15, 0.2) is 0 Å². The minimum Gasteiger partial charge on any atom is -0.394 e. The van der Waals surface area contributed by atoms with Crippen molar-refractivity contribution in [3.05, 3.63) is 146 Å². The van der Waals surface area contributed by atoms with Crippen LogP contribution < -0.4 is 5.32 Å². The van der Waals surface area contributed by atoms with Gasteiger partial charge in [-0.2, -0.15) is 0 Å². The molecule has 0 aromatic rings. The Morgan fingerprint density at radius 2 is 0.549 bits per heavy atom. The highest BCUT2D eigenvalue weighted by molar-refractivity contribution is 5.76. The highest BCUT2D eigenvalue weighted by Gasteiger charge is 2.18. The van der Waals surface area contributed by atoms with E-state index in [4.69, 9.17) is 0 Å². The van der Waals surface area contributed by atoms with Gasteiger partial charge in [-0.25, -0.2) is 0 Å². The number of unbranched alkanes of at least 4 members (excludes halogenated alkanes) is 34. The molecule has 0 saturated carbocycles. The molecule has 0 aliphatic rings. The molecule has 2 unspecified atom stereocenters. The summed E-state index contributed by atoms with van der Waals surface area (Å²) in [5.74, 6) is -0.0810. The topological polar surface area (TPSA) is 69.6 Å². The largest absolute Gasteiger partial charge is 0.394 e. The van der Waals surface area contributed by atoms with Crippen LogP contribution in [-0.2, 0) is 4.79 Å². The van der Waals surface area contributed by atoms with E-state index in [0.717, 1.165) is 103 Å². The molecule has 0 spiro atoms. The second-order valence-corrected chi connectivity index (χ2v) is 23.2. The molecular weight excluding hydrogens is 999 g/mol. The molecule has 0 fully saturated rings. The zero-order chi connectivity index (χ0) is 59.1. The predicted octanol–water partition coefficient (Wildman–Crippen LogP) is 24.3. The van der Waals surface area contributed by atoms with E-state index in [0.29, 0.717) is 6.42 Å². The van der Waals surface area contributed by atoms with E-state index in [9.17, 15) is 15.0 Å². The minimum absolute atomic E-state index is 0.0810. The van der Waals surface area contributed by atoms with E-state index >= 15 is 0 Å². The molecule has 468 valence electrons. The van der Waals surface area contributed by atoms with Crippen LogP contribution in [0.3, 0.4) is 0 Å². The van der Waals surface area contributed by atoms with E-state index in [2.05, 4.69) is 153 Å². The van der Waals surface area contributed by atoms with Crippen molar-refractivity contribution >= 4 is 5.91 Å². The average Bonchev–Trinajstić information content (AvgIpc) is 3.50. The standard InChI is InChI=1S/C78H133NO3/c1-3-5-7-9-11-13-15-17-19-21-23-25-27-29-31-33-34-35-36-37-38-39-40-41-42-43-44-46-48-50-52-54-56-58-60-62-64-66-68-70-72-74-78(82)79-76(75-80)77(81)73-71-69-67-65-63-61-59-57-55-53-51-49-47-45-32-30-28-26-24-22-20-18-16-14-12-10-8-6-4-2/h5,7,11,13,17,19,23,25,29,31,34-35,37-38,40-41,43-44,48,50,63,65,71,73,76-77,80-81H,3-4,6,8-10,12,14-16,18,20-22,24,26-28,30,32-33,36,39,42,45-47,49,51-62,64,66-70,72,74-75H2,1-2H3,(H,79,82)/b7-5-,13-11-,19-17-,25-23-,31-29-,35-34-,38-37-,41-40-,44-43-,50-48-,65-63+,73-71+. The van der Waals surface area contributed by atoms with Gasteiger partial charge in [-0.15, -0.1) is 0 Å². The number of hydrogen-bond acceptors (Lipinski definition) is 3. The molecule has 0 rings (SSSR count). The first-order valence-corrected chi connectivity index (χ1v) is 35.0. The van der Waals surface area contributed by atoms with Crippen molar-refractivity contribution in [3.63, 3.8) is 0 Å². The predicted molar refractivity (Wildman–Crippen MR) is 368 cm³/mol. The number of hydrogen-bond donors (Lipinski definition) is 3. The Labute approximate surface area is 510 Å². The summed E-state index contributed by atoms with van der Waals surface area (Å²) in [5, 5.41) is 23.3. The van der Waals surface area contributed by atoms with Crippen molar-refractivity contribution in [2.45, 2.75) is 334 Å². The quantitative estimate of drug-likeness (QED) is 0.0420. The first-order chi connectivity index (χ1) is 40.7. The fourth-order valence-corrected chi connectivity index (χ4v) is 10.0. The summed E-state index contributed by atoms with van der Waals surface area (Å²) >= 11 is 0. The normalized spacial score (nSPS) is 13.7. The van der Waals surface area contributed by atoms with Gasteiger partial charge in [0, 0.05) is 6.42 Å². The number of nitrogens with one attached hydrogen (secondary N) is 1. The minimum atomic E-state index is -0.875. The monoisotopic (exact) mass is 1130 g/mol. The van der Waals surface area contributed by atoms with Crippen LogP contribution in [-0.4, -0.2) is 34.9 Å². The molecule has 0 aliphatic carbocycles. The SMILES string of the molecule is CC/C=C\C/C=C\C/C=C\C/C=C\C/C=C\C/C=C\C/C=C\C/C=C\C/C=C\C/C=C\CCCCCCCCCCCCC(=O)NC(CO)C(O)/C=C/CC/C=C/CCCCCCCCCCCCCCCCCCCCCCCCC. The molecule has 4 nitrogen and oxygen atoms in total. The van der Waals surface area contributed by atoms with Gasteiger partial charge in [-0.3, -0.25) is 4.79 Å². The Balaban J connectivity index is 3.59. The lowest BCUT2D eigenvalue weighted by Gasteiger charge is -2.19. The lowest BCUT2D eigenvalue weighted by atomic mass is 10.0. The molecule has 1 amide bonds. The molecule has 0 heterocycles. The van der Waals surface area contributed by atoms with Crippen molar-refractivity contribution in [1.82, 2.24) is 5.32 Å². The van der Waals surface area contributed by atoms with Gasteiger partial charge in [0.25, 0.3) is 0 Å². The zero-order valence-corrected chi connectivity index (χ0v) is 54.0. The van der Waals surface area contributed by atoms with Crippen LogP contribution >= 0.6 is 0 Å². The van der Waals surface area contributed by atoms with Crippen LogP contribution in [0, 0.1) is 0 Å². The molecule has 2 atom stereocenters. The molecule has 0 radical (unpaired) electrons. The molecular formula is C78H133NO3. The van der Waals surface area contributed by atoms with Crippen molar-refractivity contribution in [3.8, 4) is 0 Å². The summed E-state index contributed by atoms with van der Waals surface area (Å²) in [6.45, 7) is 4.20. The smallest absolute Gasteiger partial charge is 0.220 e. The first kappa shape index (κ1) is 78.3. The van der Waals surface area contributed by atoms with E-state index in [1.165, 1.54) is 199 Å². The van der Waals surface area contributed by atoms with Crippen LogP contribution in [0.15, 0.2) is 146 Å². The van der Waals surface area contributed by atoms with E-state index in [-0.39, 0.29) is 12.5 Å². The van der Waals surface area contributed by atoms with Gasteiger partial charge in [0.1, 0.15) is 0 Å². The Hall–Kier alpha value is -3.73. The second kappa shape index (κ2) is 71.5. The molecule has 4 heteroatoms. The van der Waals surface area contributed by atoms with Crippen LogP contribution in [0.4, 0.5) is 0 Å². The molecule has 0 aromatic carbocycles. The average molecular weight is 1130 g/mol. The number of allylic oxidation sites excluding steroid dienone is 23. The molecule has 0 aliphatic heterocycles. The molecule has 0 bridgehead atoms. The molecule has 0 aromatic heterocycles. The van der Waals surface area contributed by atoms with Gasteiger partial charge in [0.05, 0.1) is 18.8 Å². The number of carbonyl (C=O) groups is 1. The maximum atomic E-state index is 12.5. The third-order valence-corrected chi connectivity index (χ3v) is 15.3. The Morgan fingerprint density at radius 1 is 0.305 bits per heavy atom. The number of aliphatic hydroxyl groups excluding tert-OH is 2. The third kappa shape index (κ3) is 67.1. The second-order valence-electron chi connectivity index (χ2n) is 23.2. The summed E-state index contributed by atoms with van der Waals surface area (Å²) in [6, 6.07) is -0.653. The summed E-state index contributed by atoms with van der Waals surface area (Å²) in [4.78, 5) is 12.5. The third-order valence-electron chi connectivity index (χ3n) is 15.3. The summed E-state index contributed by atoms with van der Waals surface area (Å²) < 4.78 is 0. The van der Waals surface area contributed by atoms with Crippen molar-refractivity contribution in [2.24, 2.45) is 0 Å². The van der Waals surface area contributed by atoms with E-state index in [1.807, 2.05) is 6.08 Å². The van der Waals surface area contributed by atoms with Gasteiger partial charge in [0.2, 0.25) is 5.91 Å². The Kier molecular flexibility index (Phi) is 68.3. The van der Waals surface area contributed by atoms with Gasteiger partial charge in [-0.1, -0.05) is 352 Å². The molecule has 82 heavy (non-hydrogen) atoms. The van der Waals surface area contributed by atoms with Gasteiger partial charge in [-0.05, 0) is 109 Å². The number of carbonyl (C=O) groups excluding carboxylic acids is 1. The Bertz CT molecular complexity index is 1670. The highest BCUT2D eigenvalue weighted by Crippen LogP contribution is 2.17. The number of rotatable bonds is 63. The van der Waals surface area contributed by atoms with Crippen LogP contribution in [0.1, 0.15) is 322 Å².